The third-order valence-electron chi connectivity index (χ3n) is 8.44. The number of aryl methyl sites for hydroxylation is 2. The molecule has 44 heavy (non-hydrogen) atoms. The quantitative estimate of drug-likeness (QED) is 0.0818. The van der Waals surface area contributed by atoms with Crippen LogP contribution in [0.2, 0.25) is 0 Å². The molecule has 0 fully saturated rings. The van der Waals surface area contributed by atoms with Gasteiger partial charge in [-0.3, -0.25) is 9.98 Å². The maximum absolute atomic E-state index is 4.76. The van der Waals surface area contributed by atoms with Crippen LogP contribution in [0.3, 0.4) is 0 Å². The van der Waals surface area contributed by atoms with Crippen LogP contribution in [0.15, 0.2) is 59.0 Å². The second kappa shape index (κ2) is 31.8. The second-order valence-corrected chi connectivity index (χ2v) is 12.4. The van der Waals surface area contributed by atoms with Gasteiger partial charge in [0.25, 0.3) is 0 Å². The van der Waals surface area contributed by atoms with Crippen LogP contribution in [-0.4, -0.2) is 22.2 Å². The Balaban J connectivity index is 0.00000924. The molecule has 0 aliphatic heterocycles. The van der Waals surface area contributed by atoms with Crippen molar-refractivity contribution < 1.29 is 0 Å². The standard InChI is InChI=1S/C38H66N4.2BrH/c1-3-5-7-9-13-17-21-29-39-37-25-33-41(34-26-37)31-23-19-15-11-12-16-20-24-32-42-35-27-38(28-36-42)40-30-22-18-14-10-8-6-4-2;;/h25-28,33-36H,3-24,29-32H2,1-2H3;2*1H. The van der Waals surface area contributed by atoms with Crippen molar-refractivity contribution in [3.8, 4) is 0 Å². The van der Waals surface area contributed by atoms with Gasteiger partial charge in [0, 0.05) is 51.0 Å². The van der Waals surface area contributed by atoms with Crippen LogP contribution in [0.1, 0.15) is 155 Å². The lowest BCUT2D eigenvalue weighted by Crippen LogP contribution is -2.06. The molecule has 0 saturated carbocycles. The molecule has 2 aromatic heterocycles. The van der Waals surface area contributed by atoms with Crippen LogP contribution in [0, 0.1) is 0 Å². The summed E-state index contributed by atoms with van der Waals surface area (Å²) in [5.41, 5.74) is 0. The first-order valence-electron chi connectivity index (χ1n) is 18.1. The van der Waals surface area contributed by atoms with Crippen molar-refractivity contribution in [2.45, 2.75) is 168 Å². The summed E-state index contributed by atoms with van der Waals surface area (Å²) in [6.07, 6.45) is 38.4. The normalized spacial score (nSPS) is 10.7. The minimum absolute atomic E-state index is 0. The van der Waals surface area contributed by atoms with Crippen LogP contribution in [-0.2, 0) is 13.1 Å². The van der Waals surface area contributed by atoms with E-state index in [1.54, 1.807) is 0 Å². The van der Waals surface area contributed by atoms with Gasteiger partial charge in [-0.1, -0.05) is 129 Å². The number of hydrogen-bond donors (Lipinski definition) is 0. The molecular weight excluding hydrogens is 672 g/mol. The van der Waals surface area contributed by atoms with Crippen molar-refractivity contribution in [1.82, 2.24) is 9.13 Å². The Morgan fingerprint density at radius 3 is 0.977 bits per heavy atom. The fourth-order valence-corrected chi connectivity index (χ4v) is 5.61. The second-order valence-electron chi connectivity index (χ2n) is 12.4. The summed E-state index contributed by atoms with van der Waals surface area (Å²) in [5.74, 6) is 0. The van der Waals surface area contributed by atoms with Gasteiger partial charge in [0.2, 0.25) is 0 Å². The first kappa shape index (κ1) is 42.9. The smallest absolute Gasteiger partial charge is 0.0603 e. The summed E-state index contributed by atoms with van der Waals surface area (Å²) >= 11 is 0. The maximum atomic E-state index is 4.76. The van der Waals surface area contributed by atoms with Crippen LogP contribution >= 0.6 is 34.0 Å². The number of halogens is 2. The van der Waals surface area contributed by atoms with Crippen molar-refractivity contribution in [3.05, 3.63) is 59.8 Å². The van der Waals surface area contributed by atoms with E-state index in [1.807, 2.05) is 0 Å². The van der Waals surface area contributed by atoms with Gasteiger partial charge in [-0.15, -0.1) is 34.0 Å². The predicted molar refractivity (Wildman–Crippen MR) is 203 cm³/mol. The molecule has 0 saturated heterocycles. The predicted octanol–water partition coefficient (Wildman–Crippen LogP) is 11.6. The molecule has 0 amide bonds. The van der Waals surface area contributed by atoms with Crippen molar-refractivity contribution in [2.24, 2.45) is 9.98 Å². The lowest BCUT2D eigenvalue weighted by atomic mass is 10.1. The number of aromatic nitrogens is 2. The molecule has 6 heteroatoms. The summed E-state index contributed by atoms with van der Waals surface area (Å²) < 4.78 is 4.64. The van der Waals surface area contributed by atoms with Gasteiger partial charge in [0.1, 0.15) is 0 Å². The molecule has 2 heterocycles. The van der Waals surface area contributed by atoms with Crippen LogP contribution in [0.4, 0.5) is 0 Å². The van der Waals surface area contributed by atoms with Gasteiger partial charge in [-0.05, 0) is 49.9 Å². The van der Waals surface area contributed by atoms with Gasteiger partial charge >= 0.3 is 0 Å². The van der Waals surface area contributed by atoms with E-state index in [4.69, 9.17) is 9.98 Å². The first-order chi connectivity index (χ1) is 20.8. The number of nitrogens with zero attached hydrogens (tertiary/aromatic N) is 4. The Morgan fingerprint density at radius 2 is 0.659 bits per heavy atom. The molecular formula is C38H68Br2N4. The fraction of sp³-hybridized carbons (Fsp3) is 0.737. The third-order valence-corrected chi connectivity index (χ3v) is 8.44. The Hall–Kier alpha value is -1.14. The van der Waals surface area contributed by atoms with E-state index in [2.05, 4.69) is 72.0 Å². The zero-order valence-corrected chi connectivity index (χ0v) is 32.0. The average Bonchev–Trinajstić information content (AvgIpc) is 3.02. The van der Waals surface area contributed by atoms with Gasteiger partial charge in [-0.25, -0.2) is 0 Å². The van der Waals surface area contributed by atoms with Crippen molar-refractivity contribution >= 4 is 34.0 Å². The lowest BCUT2D eigenvalue weighted by molar-refractivity contribution is 0.524. The molecule has 2 rings (SSSR count). The molecule has 0 spiro atoms. The van der Waals surface area contributed by atoms with Gasteiger partial charge in [-0.2, -0.15) is 0 Å². The number of rotatable bonds is 27. The van der Waals surface area contributed by atoms with Crippen molar-refractivity contribution in [3.63, 3.8) is 0 Å². The highest BCUT2D eigenvalue weighted by Gasteiger charge is 1.96. The van der Waals surface area contributed by atoms with E-state index < -0.39 is 0 Å². The molecule has 0 atom stereocenters. The summed E-state index contributed by atoms with van der Waals surface area (Å²) in [6, 6.07) is 8.73. The molecule has 254 valence electrons. The Morgan fingerprint density at radius 1 is 0.386 bits per heavy atom. The molecule has 4 nitrogen and oxygen atoms in total. The molecule has 0 unspecified atom stereocenters. The molecule has 0 aliphatic rings. The Bertz CT molecular complexity index is 892. The minimum atomic E-state index is 0. The molecule has 0 N–H and O–H groups in total. The summed E-state index contributed by atoms with van der Waals surface area (Å²) in [6.45, 7) is 8.75. The highest BCUT2D eigenvalue weighted by Crippen LogP contribution is 2.10. The number of unbranched alkanes of at least 4 members (excludes halogenated alkanes) is 19. The zero-order valence-electron chi connectivity index (χ0n) is 28.6. The summed E-state index contributed by atoms with van der Waals surface area (Å²) in [7, 11) is 0. The van der Waals surface area contributed by atoms with Crippen LogP contribution in [0.5, 0.6) is 0 Å². The third kappa shape index (κ3) is 24.1. The largest absolute Gasteiger partial charge is 0.354 e. The minimum Gasteiger partial charge on any atom is -0.354 e. The topological polar surface area (TPSA) is 34.6 Å². The van der Waals surface area contributed by atoms with Crippen molar-refractivity contribution in [1.29, 1.82) is 0 Å². The van der Waals surface area contributed by atoms with Crippen LogP contribution < -0.4 is 10.7 Å². The Labute approximate surface area is 292 Å². The number of pyridine rings is 2. The van der Waals surface area contributed by atoms with E-state index in [9.17, 15) is 0 Å². The number of hydrogen-bond acceptors (Lipinski definition) is 2. The summed E-state index contributed by atoms with van der Waals surface area (Å²) in [5, 5.41) is 2.27. The van der Waals surface area contributed by atoms with Crippen molar-refractivity contribution in [2.75, 3.05) is 13.1 Å². The monoisotopic (exact) mass is 738 g/mol. The molecule has 2 aromatic rings. The summed E-state index contributed by atoms with van der Waals surface area (Å²) in [4.78, 5) is 9.52. The fourth-order valence-electron chi connectivity index (χ4n) is 5.61. The van der Waals surface area contributed by atoms with Gasteiger partial charge in [0.05, 0.1) is 10.7 Å². The highest BCUT2D eigenvalue weighted by atomic mass is 79.9. The van der Waals surface area contributed by atoms with E-state index in [1.165, 1.54) is 141 Å². The molecule has 0 aliphatic carbocycles. The van der Waals surface area contributed by atoms with E-state index >= 15 is 0 Å². The first-order valence-corrected chi connectivity index (χ1v) is 18.1. The Kier molecular flexibility index (Phi) is 31.0. The molecule has 0 radical (unpaired) electrons. The lowest BCUT2D eigenvalue weighted by Gasteiger charge is -2.07. The van der Waals surface area contributed by atoms with Crippen LogP contribution in [0.25, 0.3) is 0 Å². The maximum Gasteiger partial charge on any atom is 0.0603 e. The SMILES string of the molecule is Br.Br.CCCCCCCCCN=c1ccn(CCCCCCCCCCn2ccc(=NCCCCCCCCC)cc2)cc1. The average molecular weight is 741 g/mol. The van der Waals surface area contributed by atoms with E-state index in [-0.39, 0.29) is 34.0 Å². The van der Waals surface area contributed by atoms with E-state index in [0.717, 1.165) is 36.9 Å². The van der Waals surface area contributed by atoms with Gasteiger partial charge < -0.3 is 9.13 Å². The molecule has 0 bridgehead atoms. The molecule has 0 aromatic carbocycles. The highest BCUT2D eigenvalue weighted by molar-refractivity contribution is 8.93. The van der Waals surface area contributed by atoms with E-state index in [0.29, 0.717) is 0 Å². The zero-order chi connectivity index (χ0) is 29.8. The van der Waals surface area contributed by atoms with Gasteiger partial charge in [0.15, 0.2) is 0 Å².